The normalized spacial score (nSPS) is 17.0. The molecular weight excluding hydrogens is 276 g/mol. The van der Waals surface area contributed by atoms with Crippen molar-refractivity contribution in [1.82, 2.24) is 0 Å². The quantitative estimate of drug-likeness (QED) is 0.266. The fraction of sp³-hybridized carbons (Fsp3) is 1.00. The van der Waals surface area contributed by atoms with E-state index < -0.39 is 0 Å². The van der Waals surface area contributed by atoms with E-state index in [0.717, 1.165) is 23.7 Å². The van der Waals surface area contributed by atoms with Gasteiger partial charge in [-0.1, -0.05) is 112 Å². The van der Waals surface area contributed by atoms with E-state index in [1.54, 1.807) is 0 Å². The van der Waals surface area contributed by atoms with Gasteiger partial charge in [0.05, 0.1) is 0 Å². The van der Waals surface area contributed by atoms with Crippen LogP contribution < -0.4 is 0 Å². The molecule has 0 radical (unpaired) electrons. The second kappa shape index (κ2) is 15.5. The Kier molecular flexibility index (Phi) is 15.5. The second-order valence-electron chi connectivity index (χ2n) is 8.10. The highest BCUT2D eigenvalue weighted by Crippen LogP contribution is 2.33. The van der Waals surface area contributed by atoms with E-state index >= 15 is 0 Å². The topological polar surface area (TPSA) is 0 Å². The molecular formula is C23H48. The molecule has 0 aliphatic carbocycles. The van der Waals surface area contributed by atoms with Crippen LogP contribution in [0, 0.1) is 23.7 Å². The van der Waals surface area contributed by atoms with Crippen LogP contribution in [0.2, 0.25) is 0 Å². The van der Waals surface area contributed by atoms with Gasteiger partial charge in [0.15, 0.2) is 0 Å². The molecule has 0 saturated carbocycles. The van der Waals surface area contributed by atoms with E-state index in [2.05, 4.69) is 41.5 Å². The summed E-state index contributed by atoms with van der Waals surface area (Å²) in [7, 11) is 0. The summed E-state index contributed by atoms with van der Waals surface area (Å²) in [5.74, 6) is 3.94. The van der Waals surface area contributed by atoms with E-state index in [1.807, 2.05) is 0 Å². The molecule has 0 amide bonds. The second-order valence-corrected chi connectivity index (χ2v) is 8.10. The van der Waals surface area contributed by atoms with Crippen LogP contribution in [0.5, 0.6) is 0 Å². The van der Waals surface area contributed by atoms with Crippen LogP contribution >= 0.6 is 0 Å². The smallest absolute Gasteiger partial charge is 0.0409 e. The molecule has 0 aliphatic rings. The van der Waals surface area contributed by atoms with Crippen LogP contribution in [0.1, 0.15) is 125 Å². The molecule has 0 rings (SSSR count). The van der Waals surface area contributed by atoms with Gasteiger partial charge in [0.2, 0.25) is 0 Å². The zero-order valence-corrected chi connectivity index (χ0v) is 17.5. The predicted octanol–water partition coefficient (Wildman–Crippen LogP) is 8.64. The van der Waals surface area contributed by atoms with Gasteiger partial charge in [0.1, 0.15) is 0 Å². The molecule has 140 valence electrons. The minimum Gasteiger partial charge on any atom is -0.0654 e. The number of hydrogen-bond donors (Lipinski definition) is 0. The maximum atomic E-state index is 2.41. The minimum atomic E-state index is 0.982. The minimum absolute atomic E-state index is 0.982. The lowest BCUT2D eigenvalue weighted by Gasteiger charge is -2.28. The zero-order chi connectivity index (χ0) is 17.5. The highest BCUT2D eigenvalue weighted by molar-refractivity contribution is 4.72. The Balaban J connectivity index is 4.62. The third-order valence-corrected chi connectivity index (χ3v) is 6.14. The van der Waals surface area contributed by atoms with Crippen molar-refractivity contribution in [3.63, 3.8) is 0 Å². The fourth-order valence-electron chi connectivity index (χ4n) is 4.50. The van der Waals surface area contributed by atoms with Gasteiger partial charge in [-0.25, -0.2) is 0 Å². The van der Waals surface area contributed by atoms with Crippen molar-refractivity contribution in [2.45, 2.75) is 125 Å². The molecule has 0 spiro atoms. The molecule has 3 atom stereocenters. The van der Waals surface area contributed by atoms with Crippen molar-refractivity contribution in [2.24, 2.45) is 23.7 Å². The SMILES string of the molecule is CCCC(CC)CCC(CC(CC)CCC)CC(CC)CCC. The lowest BCUT2D eigenvalue weighted by Crippen LogP contribution is -2.15. The van der Waals surface area contributed by atoms with E-state index in [0.29, 0.717) is 0 Å². The van der Waals surface area contributed by atoms with Gasteiger partial charge in [0.25, 0.3) is 0 Å². The van der Waals surface area contributed by atoms with Crippen LogP contribution in [0.15, 0.2) is 0 Å². The van der Waals surface area contributed by atoms with Gasteiger partial charge in [-0.05, 0) is 36.5 Å². The van der Waals surface area contributed by atoms with Crippen LogP contribution in [0.4, 0.5) is 0 Å². The Morgan fingerprint density at radius 2 is 0.739 bits per heavy atom. The first-order valence-electron chi connectivity index (χ1n) is 11.1. The van der Waals surface area contributed by atoms with Crippen molar-refractivity contribution in [3.05, 3.63) is 0 Å². The number of hydrogen-bond acceptors (Lipinski definition) is 0. The van der Waals surface area contributed by atoms with Crippen LogP contribution in [-0.4, -0.2) is 0 Å². The maximum Gasteiger partial charge on any atom is -0.0409 e. The zero-order valence-electron chi connectivity index (χ0n) is 17.5. The van der Waals surface area contributed by atoms with Crippen molar-refractivity contribution >= 4 is 0 Å². The summed E-state index contributed by atoms with van der Waals surface area (Å²) in [6.07, 6.45) is 18.6. The highest BCUT2D eigenvalue weighted by atomic mass is 14.3. The number of rotatable bonds is 16. The molecule has 0 aromatic carbocycles. The average molecular weight is 325 g/mol. The molecule has 0 bridgehead atoms. The lowest BCUT2D eigenvalue weighted by molar-refractivity contribution is 0.244. The molecule has 0 nitrogen and oxygen atoms in total. The average Bonchev–Trinajstić information content (AvgIpc) is 2.56. The highest BCUT2D eigenvalue weighted by Gasteiger charge is 2.20. The van der Waals surface area contributed by atoms with Gasteiger partial charge < -0.3 is 0 Å². The molecule has 23 heavy (non-hydrogen) atoms. The molecule has 0 fully saturated rings. The van der Waals surface area contributed by atoms with E-state index in [-0.39, 0.29) is 0 Å². The molecule has 0 N–H and O–H groups in total. The first kappa shape index (κ1) is 23.0. The Hall–Kier alpha value is 0. The van der Waals surface area contributed by atoms with Crippen LogP contribution in [0.3, 0.4) is 0 Å². The third-order valence-electron chi connectivity index (χ3n) is 6.14. The summed E-state index contributed by atoms with van der Waals surface area (Å²) in [6.45, 7) is 14.3. The molecule has 0 aromatic rings. The third kappa shape index (κ3) is 11.2. The van der Waals surface area contributed by atoms with Crippen molar-refractivity contribution in [2.75, 3.05) is 0 Å². The Labute approximate surface area is 149 Å². The summed E-state index contributed by atoms with van der Waals surface area (Å²) in [6, 6.07) is 0. The van der Waals surface area contributed by atoms with Gasteiger partial charge in [-0.2, -0.15) is 0 Å². The Morgan fingerprint density at radius 3 is 1.09 bits per heavy atom. The first-order valence-corrected chi connectivity index (χ1v) is 11.1. The summed E-state index contributed by atoms with van der Waals surface area (Å²) >= 11 is 0. The predicted molar refractivity (Wildman–Crippen MR) is 108 cm³/mol. The van der Waals surface area contributed by atoms with Crippen molar-refractivity contribution in [1.29, 1.82) is 0 Å². The van der Waals surface area contributed by atoms with Gasteiger partial charge >= 0.3 is 0 Å². The van der Waals surface area contributed by atoms with E-state index in [1.165, 1.54) is 83.5 Å². The van der Waals surface area contributed by atoms with E-state index in [4.69, 9.17) is 0 Å². The standard InChI is InChI=1S/C23H48/c1-7-13-20(10-4)16-17-23(18-21(11-5)14-8-2)19-22(12-6)15-9-3/h20-23H,7-19H2,1-6H3. The van der Waals surface area contributed by atoms with Gasteiger partial charge in [0, 0.05) is 0 Å². The van der Waals surface area contributed by atoms with Gasteiger partial charge in [-0.3, -0.25) is 0 Å². The molecule has 3 unspecified atom stereocenters. The van der Waals surface area contributed by atoms with Crippen molar-refractivity contribution < 1.29 is 0 Å². The van der Waals surface area contributed by atoms with Gasteiger partial charge in [-0.15, -0.1) is 0 Å². The molecule has 0 aromatic heterocycles. The fourth-order valence-corrected chi connectivity index (χ4v) is 4.50. The monoisotopic (exact) mass is 324 g/mol. The molecule has 0 saturated heterocycles. The molecule has 0 heterocycles. The van der Waals surface area contributed by atoms with Crippen molar-refractivity contribution in [3.8, 4) is 0 Å². The first-order chi connectivity index (χ1) is 11.1. The lowest BCUT2D eigenvalue weighted by atomic mass is 9.78. The molecule has 0 aliphatic heterocycles. The van der Waals surface area contributed by atoms with Crippen LogP contribution in [0.25, 0.3) is 0 Å². The summed E-state index contributed by atoms with van der Waals surface area (Å²) in [5, 5.41) is 0. The van der Waals surface area contributed by atoms with E-state index in [9.17, 15) is 0 Å². The summed E-state index contributed by atoms with van der Waals surface area (Å²) in [5.41, 5.74) is 0. The summed E-state index contributed by atoms with van der Waals surface area (Å²) in [4.78, 5) is 0. The Morgan fingerprint density at radius 1 is 0.391 bits per heavy atom. The molecule has 0 heteroatoms. The summed E-state index contributed by atoms with van der Waals surface area (Å²) < 4.78 is 0. The largest absolute Gasteiger partial charge is 0.0654 e. The Bertz CT molecular complexity index is 216. The maximum absolute atomic E-state index is 2.41. The van der Waals surface area contributed by atoms with Crippen LogP contribution in [-0.2, 0) is 0 Å².